The monoisotopic (exact) mass is 450 g/mol. The summed E-state index contributed by atoms with van der Waals surface area (Å²) < 4.78 is 11.1. The normalized spacial score (nSPS) is 19.5. The van der Waals surface area contributed by atoms with E-state index >= 15 is 0 Å². The van der Waals surface area contributed by atoms with Crippen LogP contribution in [0.1, 0.15) is 36.1 Å². The number of likely N-dealkylation sites (N-methyl/N-ethyl adjacent to an activating group) is 1. The molecule has 1 saturated heterocycles. The van der Waals surface area contributed by atoms with Crippen molar-refractivity contribution in [3.8, 4) is 11.5 Å². The molecule has 4 rings (SSSR count). The molecule has 0 saturated carbocycles. The number of amides is 1. The molecule has 0 spiro atoms. The van der Waals surface area contributed by atoms with Crippen molar-refractivity contribution >= 4 is 11.6 Å². The number of piperazine rings is 1. The van der Waals surface area contributed by atoms with Crippen molar-refractivity contribution in [2.75, 3.05) is 53.5 Å². The highest BCUT2D eigenvalue weighted by Gasteiger charge is 2.36. The van der Waals surface area contributed by atoms with Crippen LogP contribution in [0.2, 0.25) is 0 Å². The van der Waals surface area contributed by atoms with E-state index in [-0.39, 0.29) is 11.9 Å². The molecule has 1 amide bonds. The maximum Gasteiger partial charge on any atom is 0.257 e. The molecule has 0 radical (unpaired) electrons. The Morgan fingerprint density at radius 1 is 1.00 bits per heavy atom. The molecule has 0 bridgehead atoms. The number of aryl methyl sites for hydroxylation is 1. The Morgan fingerprint density at radius 2 is 1.70 bits per heavy atom. The molecule has 2 aliphatic heterocycles. The second-order valence-corrected chi connectivity index (χ2v) is 8.69. The van der Waals surface area contributed by atoms with Crippen LogP contribution in [0, 0.1) is 6.92 Å². The van der Waals surface area contributed by atoms with E-state index in [1.54, 1.807) is 19.2 Å². The molecule has 1 fully saturated rings. The molecule has 1 unspecified atom stereocenters. The third-order valence-corrected chi connectivity index (χ3v) is 6.62. The van der Waals surface area contributed by atoms with Gasteiger partial charge in [-0.15, -0.1) is 0 Å². The highest BCUT2D eigenvalue weighted by molar-refractivity contribution is 6.03. The molecule has 0 aliphatic carbocycles. The highest BCUT2D eigenvalue weighted by atomic mass is 16.5. The topological polar surface area (TPSA) is 57.6 Å². The number of rotatable bonds is 7. The molecule has 2 aromatic carbocycles. The number of benzene rings is 2. The number of nitrogens with zero attached hydrogens (tertiary/aromatic N) is 4. The second-order valence-electron chi connectivity index (χ2n) is 8.69. The molecule has 1 atom stereocenters. The van der Waals surface area contributed by atoms with Crippen LogP contribution in [0.3, 0.4) is 0 Å². The smallest absolute Gasteiger partial charge is 0.257 e. The highest BCUT2D eigenvalue weighted by Crippen LogP contribution is 2.39. The fourth-order valence-electron chi connectivity index (χ4n) is 4.53. The van der Waals surface area contributed by atoms with E-state index in [1.807, 2.05) is 18.2 Å². The van der Waals surface area contributed by atoms with Crippen molar-refractivity contribution in [3.05, 3.63) is 59.2 Å². The van der Waals surface area contributed by atoms with Gasteiger partial charge < -0.3 is 14.4 Å². The van der Waals surface area contributed by atoms with E-state index in [9.17, 15) is 4.79 Å². The molecule has 7 nitrogen and oxygen atoms in total. The lowest BCUT2D eigenvalue weighted by atomic mass is 9.97. The summed E-state index contributed by atoms with van der Waals surface area (Å²) in [6.45, 7) is 9.45. The Labute approximate surface area is 196 Å². The van der Waals surface area contributed by atoms with Gasteiger partial charge in [0.25, 0.3) is 5.91 Å². The molecular formula is C26H34N4O3. The van der Waals surface area contributed by atoms with E-state index in [1.165, 1.54) is 5.56 Å². The number of hydrazone groups is 1. The van der Waals surface area contributed by atoms with Gasteiger partial charge in [0.15, 0.2) is 0 Å². The van der Waals surface area contributed by atoms with Crippen molar-refractivity contribution in [2.24, 2.45) is 5.10 Å². The van der Waals surface area contributed by atoms with E-state index in [4.69, 9.17) is 14.6 Å². The summed E-state index contributed by atoms with van der Waals surface area (Å²) in [6, 6.07) is 13.8. The molecule has 33 heavy (non-hydrogen) atoms. The number of hydrogen-bond donors (Lipinski definition) is 0. The van der Waals surface area contributed by atoms with Crippen molar-refractivity contribution < 1.29 is 14.3 Å². The maximum absolute atomic E-state index is 13.5. The Bertz CT molecular complexity index is 997. The third kappa shape index (κ3) is 5.20. The zero-order valence-electron chi connectivity index (χ0n) is 20.1. The van der Waals surface area contributed by atoms with Crippen molar-refractivity contribution in [2.45, 2.75) is 26.3 Å². The van der Waals surface area contributed by atoms with Crippen LogP contribution in [0.5, 0.6) is 11.5 Å². The second kappa shape index (κ2) is 10.4. The number of carbonyl (C=O) groups excluding carboxylic acids is 1. The van der Waals surface area contributed by atoms with E-state index < -0.39 is 0 Å². The molecule has 176 valence electrons. The van der Waals surface area contributed by atoms with Gasteiger partial charge in [-0.05, 0) is 37.2 Å². The van der Waals surface area contributed by atoms with Gasteiger partial charge >= 0.3 is 0 Å². The lowest BCUT2D eigenvalue weighted by molar-refractivity contribution is -0.134. The van der Waals surface area contributed by atoms with Gasteiger partial charge in [-0.3, -0.25) is 9.69 Å². The van der Waals surface area contributed by atoms with E-state index in [0.29, 0.717) is 13.0 Å². The average Bonchev–Trinajstić information content (AvgIpc) is 3.30. The summed E-state index contributed by atoms with van der Waals surface area (Å²) in [5, 5.41) is 6.51. The number of methoxy groups -OCH3 is 2. The first-order valence-corrected chi connectivity index (χ1v) is 11.7. The zero-order valence-corrected chi connectivity index (χ0v) is 20.1. The fraction of sp³-hybridized carbons (Fsp3) is 0.462. The van der Waals surface area contributed by atoms with Crippen LogP contribution in [0.4, 0.5) is 0 Å². The Kier molecular flexibility index (Phi) is 7.30. The summed E-state index contributed by atoms with van der Waals surface area (Å²) in [6.07, 6.45) is 0.627. The largest absolute Gasteiger partial charge is 0.497 e. The first kappa shape index (κ1) is 23.3. The molecule has 7 heteroatoms. The fourth-order valence-corrected chi connectivity index (χ4v) is 4.53. The first-order chi connectivity index (χ1) is 16.0. The summed E-state index contributed by atoms with van der Waals surface area (Å²) in [7, 11) is 3.30. The van der Waals surface area contributed by atoms with Gasteiger partial charge in [-0.2, -0.15) is 5.10 Å². The number of ether oxygens (including phenoxy) is 2. The van der Waals surface area contributed by atoms with Crippen LogP contribution in [0.25, 0.3) is 0 Å². The van der Waals surface area contributed by atoms with Gasteiger partial charge in [0.2, 0.25) is 0 Å². The van der Waals surface area contributed by atoms with Crippen LogP contribution < -0.4 is 9.47 Å². The standard InChI is InChI=1S/C26H34N4O3/c1-5-28-12-14-29(15-13-28)18-26(31)30-24(22-16-21(32-3)10-11-25(22)33-4)17-23(27-30)20-8-6-19(2)7-9-20/h6-11,16,24H,5,12-15,17-18H2,1-4H3. The minimum Gasteiger partial charge on any atom is -0.497 e. The van der Waals surface area contributed by atoms with Gasteiger partial charge in [-0.1, -0.05) is 36.8 Å². The Morgan fingerprint density at radius 3 is 2.33 bits per heavy atom. The predicted octanol–water partition coefficient (Wildman–Crippen LogP) is 3.33. The van der Waals surface area contributed by atoms with Crippen molar-refractivity contribution in [1.29, 1.82) is 0 Å². The quantitative estimate of drug-likeness (QED) is 0.648. The van der Waals surface area contributed by atoms with Crippen LogP contribution in [-0.2, 0) is 4.79 Å². The lowest BCUT2D eigenvalue weighted by Gasteiger charge is -2.34. The average molecular weight is 451 g/mol. The molecule has 2 aliphatic rings. The van der Waals surface area contributed by atoms with Gasteiger partial charge in [0.1, 0.15) is 11.5 Å². The predicted molar refractivity (Wildman–Crippen MR) is 130 cm³/mol. The van der Waals surface area contributed by atoms with Crippen LogP contribution in [0.15, 0.2) is 47.6 Å². The van der Waals surface area contributed by atoms with E-state index in [2.05, 4.69) is 47.9 Å². The van der Waals surface area contributed by atoms with Gasteiger partial charge in [0.05, 0.1) is 32.5 Å². The molecule has 0 aromatic heterocycles. The SMILES string of the molecule is CCN1CCN(CC(=O)N2N=C(c3ccc(C)cc3)CC2c2cc(OC)ccc2OC)CC1. The Balaban J connectivity index is 1.62. The summed E-state index contributed by atoms with van der Waals surface area (Å²) >= 11 is 0. The molecule has 2 heterocycles. The summed E-state index contributed by atoms with van der Waals surface area (Å²) in [4.78, 5) is 18.2. The number of carbonyl (C=O) groups is 1. The minimum atomic E-state index is -0.240. The summed E-state index contributed by atoms with van der Waals surface area (Å²) in [5.74, 6) is 1.48. The first-order valence-electron chi connectivity index (χ1n) is 11.7. The minimum absolute atomic E-state index is 0.0110. The zero-order chi connectivity index (χ0) is 23.4. The van der Waals surface area contributed by atoms with Gasteiger partial charge in [0, 0.05) is 38.2 Å². The Hall–Kier alpha value is -2.90. The maximum atomic E-state index is 13.5. The van der Waals surface area contributed by atoms with Gasteiger partial charge in [-0.25, -0.2) is 5.01 Å². The van der Waals surface area contributed by atoms with Crippen molar-refractivity contribution in [1.82, 2.24) is 14.8 Å². The summed E-state index contributed by atoms with van der Waals surface area (Å²) in [5.41, 5.74) is 4.06. The molecular weight excluding hydrogens is 416 g/mol. The molecule has 0 N–H and O–H groups in total. The third-order valence-electron chi connectivity index (χ3n) is 6.62. The lowest BCUT2D eigenvalue weighted by Crippen LogP contribution is -2.49. The number of hydrogen-bond acceptors (Lipinski definition) is 6. The van der Waals surface area contributed by atoms with Crippen LogP contribution >= 0.6 is 0 Å². The molecule has 2 aromatic rings. The van der Waals surface area contributed by atoms with E-state index in [0.717, 1.165) is 61.1 Å². The van der Waals surface area contributed by atoms with Crippen molar-refractivity contribution in [3.63, 3.8) is 0 Å². The van der Waals surface area contributed by atoms with Crippen LogP contribution in [-0.4, -0.2) is 79.9 Å².